The molecule has 1 aliphatic carbocycles. The Hall–Kier alpha value is -0.120. The molecule has 0 radical (unpaired) electrons. The number of aromatic nitrogens is 1. The molecule has 0 amide bonds. The topological polar surface area (TPSA) is 16.1 Å². The summed E-state index contributed by atoms with van der Waals surface area (Å²) in [7, 11) is 0. The average Bonchev–Trinajstić information content (AvgIpc) is 2.84. The van der Waals surface area contributed by atoms with Gasteiger partial charge in [-0.1, -0.05) is 11.6 Å². The van der Waals surface area contributed by atoms with E-state index in [1.54, 1.807) is 11.3 Å². The van der Waals surface area contributed by atoms with E-state index >= 15 is 0 Å². The molecule has 0 spiro atoms. The molecule has 0 aromatic carbocycles. The van der Waals surface area contributed by atoms with Crippen molar-refractivity contribution < 1.29 is 0 Å². The summed E-state index contributed by atoms with van der Waals surface area (Å²) in [6.45, 7) is 3.60. The number of rotatable bonds is 3. The molecule has 82 valence electrons. The summed E-state index contributed by atoms with van der Waals surface area (Å²) < 4.78 is 0.669. The first kappa shape index (κ1) is 10.1. The molecule has 1 saturated carbocycles. The number of hydrogen-bond acceptors (Lipinski definition) is 3. The maximum absolute atomic E-state index is 5.82. The van der Waals surface area contributed by atoms with Gasteiger partial charge in [-0.05, 0) is 37.6 Å². The highest BCUT2D eigenvalue weighted by molar-refractivity contribution is 7.15. The van der Waals surface area contributed by atoms with Crippen LogP contribution in [0.5, 0.6) is 0 Å². The van der Waals surface area contributed by atoms with Crippen LogP contribution in [0.25, 0.3) is 0 Å². The summed E-state index contributed by atoms with van der Waals surface area (Å²) in [5, 5.41) is 0. The van der Waals surface area contributed by atoms with Crippen LogP contribution in [0.4, 0.5) is 0 Å². The van der Waals surface area contributed by atoms with Crippen LogP contribution in [0.3, 0.4) is 0 Å². The normalized spacial score (nSPS) is 27.4. The van der Waals surface area contributed by atoms with Crippen molar-refractivity contribution in [2.75, 3.05) is 13.1 Å². The van der Waals surface area contributed by atoms with E-state index in [1.807, 2.05) is 6.20 Å². The van der Waals surface area contributed by atoms with Crippen molar-refractivity contribution in [1.29, 1.82) is 0 Å². The minimum absolute atomic E-state index is 0.669. The van der Waals surface area contributed by atoms with E-state index in [9.17, 15) is 0 Å². The van der Waals surface area contributed by atoms with Gasteiger partial charge in [0, 0.05) is 24.2 Å². The molecule has 0 bridgehead atoms. The molecule has 1 aromatic rings. The third-order valence-corrected chi connectivity index (χ3v) is 4.60. The van der Waals surface area contributed by atoms with Crippen molar-refractivity contribution in [2.45, 2.75) is 25.8 Å². The van der Waals surface area contributed by atoms with Gasteiger partial charge in [0.15, 0.2) is 4.47 Å². The molecule has 2 heterocycles. The van der Waals surface area contributed by atoms with Crippen molar-refractivity contribution in [3.63, 3.8) is 0 Å². The Bertz CT molecular complexity index is 348. The van der Waals surface area contributed by atoms with Crippen LogP contribution in [-0.2, 0) is 6.54 Å². The van der Waals surface area contributed by atoms with E-state index in [4.69, 9.17) is 11.6 Å². The summed E-state index contributed by atoms with van der Waals surface area (Å²) in [5.41, 5.74) is 0. The monoisotopic (exact) mass is 242 g/mol. The van der Waals surface area contributed by atoms with Gasteiger partial charge in [-0.25, -0.2) is 4.98 Å². The highest BCUT2D eigenvalue weighted by Crippen LogP contribution is 2.41. The Balaban J connectivity index is 1.56. The molecule has 3 rings (SSSR count). The molecule has 1 aliphatic heterocycles. The largest absolute Gasteiger partial charge is 0.298 e. The second-order valence-electron chi connectivity index (χ2n) is 4.70. The number of thiazole rings is 1. The lowest BCUT2D eigenvalue weighted by molar-refractivity contribution is 0.312. The Morgan fingerprint density at radius 3 is 2.93 bits per heavy atom. The summed E-state index contributed by atoms with van der Waals surface area (Å²) in [6.07, 6.45) is 6.27. The molecule has 15 heavy (non-hydrogen) atoms. The summed E-state index contributed by atoms with van der Waals surface area (Å²) in [4.78, 5) is 7.93. The predicted octanol–water partition coefficient (Wildman–Crippen LogP) is 3.03. The molecule has 2 fully saturated rings. The molecule has 1 atom stereocenters. The lowest BCUT2D eigenvalue weighted by Crippen LogP contribution is -2.19. The molecule has 2 aliphatic rings. The van der Waals surface area contributed by atoms with E-state index in [0.29, 0.717) is 4.47 Å². The number of halogens is 1. The van der Waals surface area contributed by atoms with E-state index in [1.165, 1.54) is 37.2 Å². The van der Waals surface area contributed by atoms with Crippen LogP contribution in [0.2, 0.25) is 4.47 Å². The Morgan fingerprint density at radius 1 is 1.40 bits per heavy atom. The highest BCUT2D eigenvalue weighted by Gasteiger charge is 2.35. The second-order valence-corrected chi connectivity index (χ2v) is 6.40. The zero-order chi connectivity index (χ0) is 10.3. The van der Waals surface area contributed by atoms with E-state index in [0.717, 1.165) is 18.4 Å². The predicted molar refractivity (Wildman–Crippen MR) is 63.2 cm³/mol. The van der Waals surface area contributed by atoms with Crippen LogP contribution in [0.1, 0.15) is 24.1 Å². The fraction of sp³-hybridized carbons (Fsp3) is 0.727. The lowest BCUT2D eigenvalue weighted by atomic mass is 10.0. The van der Waals surface area contributed by atoms with Gasteiger partial charge in [0.1, 0.15) is 0 Å². The first-order chi connectivity index (χ1) is 7.31. The van der Waals surface area contributed by atoms with Gasteiger partial charge in [-0.15, -0.1) is 11.3 Å². The SMILES string of the molecule is Clc1ncc(CN2CCC(C3CC3)C2)s1. The van der Waals surface area contributed by atoms with Crippen LogP contribution < -0.4 is 0 Å². The zero-order valence-corrected chi connectivity index (χ0v) is 10.2. The summed E-state index contributed by atoms with van der Waals surface area (Å²) in [5.74, 6) is 2.04. The molecule has 4 heteroatoms. The smallest absolute Gasteiger partial charge is 0.183 e. The molecular weight excluding hydrogens is 228 g/mol. The maximum atomic E-state index is 5.82. The number of likely N-dealkylation sites (tertiary alicyclic amines) is 1. The van der Waals surface area contributed by atoms with Crippen molar-refractivity contribution >= 4 is 22.9 Å². The number of nitrogens with zero attached hydrogens (tertiary/aromatic N) is 2. The fourth-order valence-electron chi connectivity index (χ4n) is 2.54. The second kappa shape index (κ2) is 4.04. The Labute approximate surface area is 99.3 Å². The van der Waals surface area contributed by atoms with Crippen molar-refractivity contribution in [2.24, 2.45) is 11.8 Å². The van der Waals surface area contributed by atoms with Crippen molar-refractivity contribution in [1.82, 2.24) is 9.88 Å². The molecule has 1 saturated heterocycles. The summed E-state index contributed by atoms with van der Waals surface area (Å²) in [6, 6.07) is 0. The lowest BCUT2D eigenvalue weighted by Gasteiger charge is -2.14. The number of hydrogen-bond donors (Lipinski definition) is 0. The molecule has 1 unspecified atom stereocenters. The fourth-order valence-corrected chi connectivity index (χ4v) is 3.56. The van der Waals surface area contributed by atoms with Gasteiger partial charge < -0.3 is 0 Å². The van der Waals surface area contributed by atoms with Gasteiger partial charge in [0.25, 0.3) is 0 Å². The van der Waals surface area contributed by atoms with Gasteiger partial charge in [0.2, 0.25) is 0 Å². The molecule has 2 nitrogen and oxygen atoms in total. The summed E-state index contributed by atoms with van der Waals surface area (Å²) >= 11 is 7.44. The minimum atomic E-state index is 0.669. The van der Waals surface area contributed by atoms with Crippen molar-refractivity contribution in [3.05, 3.63) is 15.5 Å². The zero-order valence-electron chi connectivity index (χ0n) is 8.66. The first-order valence-corrected chi connectivity index (χ1v) is 6.83. The van der Waals surface area contributed by atoms with E-state index in [-0.39, 0.29) is 0 Å². The quantitative estimate of drug-likeness (QED) is 0.810. The third kappa shape index (κ3) is 2.35. The first-order valence-electron chi connectivity index (χ1n) is 5.64. The van der Waals surface area contributed by atoms with Crippen LogP contribution in [0, 0.1) is 11.8 Å². The Morgan fingerprint density at radius 2 is 2.27 bits per heavy atom. The van der Waals surface area contributed by atoms with Crippen LogP contribution >= 0.6 is 22.9 Å². The Kier molecular flexibility index (Phi) is 2.71. The van der Waals surface area contributed by atoms with Crippen LogP contribution in [0.15, 0.2) is 6.20 Å². The standard InChI is InChI=1S/C11H15ClN2S/c12-11-13-5-10(15-11)7-14-4-3-9(6-14)8-1-2-8/h5,8-9H,1-4,6-7H2. The third-order valence-electron chi connectivity index (χ3n) is 3.50. The van der Waals surface area contributed by atoms with Crippen molar-refractivity contribution in [3.8, 4) is 0 Å². The minimum Gasteiger partial charge on any atom is -0.298 e. The van der Waals surface area contributed by atoms with Crippen LogP contribution in [-0.4, -0.2) is 23.0 Å². The average molecular weight is 243 g/mol. The maximum Gasteiger partial charge on any atom is 0.183 e. The highest BCUT2D eigenvalue weighted by atomic mass is 35.5. The van der Waals surface area contributed by atoms with Gasteiger partial charge >= 0.3 is 0 Å². The van der Waals surface area contributed by atoms with Gasteiger partial charge in [0.05, 0.1) is 0 Å². The van der Waals surface area contributed by atoms with E-state index < -0.39 is 0 Å². The molecule has 0 N–H and O–H groups in total. The van der Waals surface area contributed by atoms with Gasteiger partial charge in [-0.2, -0.15) is 0 Å². The molecular formula is C11H15ClN2S. The molecule has 1 aromatic heterocycles. The van der Waals surface area contributed by atoms with Gasteiger partial charge in [-0.3, -0.25) is 4.90 Å². The van der Waals surface area contributed by atoms with E-state index in [2.05, 4.69) is 9.88 Å².